The lowest BCUT2D eigenvalue weighted by Crippen LogP contribution is -2.41. The maximum absolute atomic E-state index is 10.4. The number of hydrogen-bond donors (Lipinski definition) is 2. The summed E-state index contributed by atoms with van der Waals surface area (Å²) in [5.74, 6) is 0.314. The van der Waals surface area contributed by atoms with E-state index in [1.54, 1.807) is 0 Å². The van der Waals surface area contributed by atoms with Gasteiger partial charge in [-0.25, -0.2) is 9.59 Å². The van der Waals surface area contributed by atoms with Crippen LogP contribution in [0.2, 0.25) is 0 Å². The molecule has 5 nitrogen and oxygen atoms in total. The molecular weight excluding hydrogens is 150 g/mol. The van der Waals surface area contributed by atoms with Gasteiger partial charge in [-0.1, -0.05) is 0 Å². The Balaban J connectivity index is 2.75. The van der Waals surface area contributed by atoms with Crippen LogP contribution in [0, 0.1) is 0 Å². The molecule has 0 aromatic rings. The van der Waals surface area contributed by atoms with Crippen molar-refractivity contribution in [1.82, 2.24) is 5.32 Å². The third kappa shape index (κ3) is 1.58. The number of rotatable bonds is 1. The third-order valence-electron chi connectivity index (χ3n) is 1.30. The number of carboxylic acid groups (broad SMARTS) is 1. The van der Waals surface area contributed by atoms with E-state index >= 15 is 0 Å². The molecule has 1 saturated heterocycles. The summed E-state index contributed by atoms with van der Waals surface area (Å²) in [5.41, 5.74) is -0.0382. The first-order valence-electron chi connectivity index (χ1n) is 3.09. The molecular formula is C6H7NO4. The SMILES string of the molecule is O=C=C1NCCOC1C(=O)O. The molecule has 1 atom stereocenters. The molecule has 0 amide bonds. The zero-order chi connectivity index (χ0) is 8.27. The van der Waals surface area contributed by atoms with Crippen molar-refractivity contribution >= 4 is 11.9 Å². The molecule has 1 unspecified atom stereocenters. The molecule has 5 heteroatoms. The van der Waals surface area contributed by atoms with Crippen molar-refractivity contribution in [1.29, 1.82) is 0 Å². The lowest BCUT2D eigenvalue weighted by atomic mass is 10.2. The fourth-order valence-electron chi connectivity index (χ4n) is 0.823. The molecule has 1 rings (SSSR count). The summed E-state index contributed by atoms with van der Waals surface area (Å²) in [6.45, 7) is 0.747. The summed E-state index contributed by atoms with van der Waals surface area (Å²) < 4.78 is 4.78. The van der Waals surface area contributed by atoms with Crippen LogP contribution >= 0.6 is 0 Å². The number of ether oxygens (including phenoxy) is 1. The van der Waals surface area contributed by atoms with E-state index in [9.17, 15) is 9.59 Å². The molecule has 0 aromatic carbocycles. The molecule has 1 aliphatic heterocycles. The van der Waals surface area contributed by atoms with Crippen LogP contribution in [-0.2, 0) is 14.3 Å². The van der Waals surface area contributed by atoms with E-state index in [2.05, 4.69) is 5.32 Å². The highest BCUT2D eigenvalue weighted by atomic mass is 16.5. The van der Waals surface area contributed by atoms with Gasteiger partial charge in [0, 0.05) is 6.54 Å². The highest BCUT2D eigenvalue weighted by molar-refractivity contribution is 5.79. The summed E-state index contributed by atoms with van der Waals surface area (Å²) >= 11 is 0. The van der Waals surface area contributed by atoms with Crippen molar-refractivity contribution in [3.05, 3.63) is 5.70 Å². The first kappa shape index (κ1) is 7.78. The van der Waals surface area contributed by atoms with E-state index in [-0.39, 0.29) is 5.70 Å². The van der Waals surface area contributed by atoms with Gasteiger partial charge < -0.3 is 15.2 Å². The van der Waals surface area contributed by atoms with Gasteiger partial charge in [0.25, 0.3) is 0 Å². The molecule has 2 N–H and O–H groups in total. The molecule has 60 valence electrons. The molecule has 0 aromatic heterocycles. The predicted molar refractivity (Wildman–Crippen MR) is 34.6 cm³/mol. The van der Waals surface area contributed by atoms with E-state index in [4.69, 9.17) is 9.84 Å². The van der Waals surface area contributed by atoms with Crippen molar-refractivity contribution in [3.63, 3.8) is 0 Å². The van der Waals surface area contributed by atoms with Crippen LogP contribution in [0.1, 0.15) is 0 Å². The van der Waals surface area contributed by atoms with Gasteiger partial charge in [-0.05, 0) is 0 Å². The molecule has 1 aliphatic rings. The molecule has 1 heterocycles. The Bertz CT molecular complexity index is 219. The Kier molecular flexibility index (Phi) is 2.25. The van der Waals surface area contributed by atoms with Crippen molar-refractivity contribution in [2.45, 2.75) is 6.10 Å². The second-order valence-corrected chi connectivity index (χ2v) is 2.03. The smallest absolute Gasteiger partial charge is 0.339 e. The van der Waals surface area contributed by atoms with Crippen LogP contribution in [0.25, 0.3) is 0 Å². The summed E-state index contributed by atoms with van der Waals surface area (Å²) in [6.07, 6.45) is -1.17. The number of nitrogens with one attached hydrogen (secondary N) is 1. The standard InChI is InChI=1S/C6H7NO4/c8-3-4-5(6(9)10)11-2-1-7-4/h5,7H,1-2H2,(H,9,10). The first-order valence-corrected chi connectivity index (χ1v) is 3.09. The van der Waals surface area contributed by atoms with Gasteiger partial charge in [-0.2, -0.15) is 0 Å². The number of aliphatic carboxylic acids is 1. The highest BCUT2D eigenvalue weighted by Gasteiger charge is 2.27. The maximum atomic E-state index is 10.4. The van der Waals surface area contributed by atoms with Crippen molar-refractivity contribution in [2.24, 2.45) is 0 Å². The second-order valence-electron chi connectivity index (χ2n) is 2.03. The van der Waals surface area contributed by atoms with Gasteiger partial charge in [-0.15, -0.1) is 0 Å². The average molecular weight is 157 g/mol. The van der Waals surface area contributed by atoms with Crippen molar-refractivity contribution in [3.8, 4) is 0 Å². The fourth-order valence-corrected chi connectivity index (χ4v) is 0.823. The summed E-state index contributed by atoms with van der Waals surface area (Å²) in [4.78, 5) is 20.5. The third-order valence-corrected chi connectivity index (χ3v) is 1.30. The molecule has 1 fully saturated rings. The molecule has 0 bridgehead atoms. The number of hydrogen-bond acceptors (Lipinski definition) is 4. The first-order chi connectivity index (χ1) is 5.25. The van der Waals surface area contributed by atoms with Gasteiger partial charge in [0.05, 0.1) is 6.61 Å². The van der Waals surface area contributed by atoms with Gasteiger partial charge in [0.2, 0.25) is 6.10 Å². The Morgan fingerprint density at radius 1 is 1.82 bits per heavy atom. The lowest BCUT2D eigenvalue weighted by Gasteiger charge is -2.20. The highest BCUT2D eigenvalue weighted by Crippen LogP contribution is 2.04. The molecule has 0 radical (unpaired) electrons. The maximum Gasteiger partial charge on any atom is 0.339 e. The van der Waals surface area contributed by atoms with Gasteiger partial charge >= 0.3 is 5.97 Å². The normalized spacial score (nSPS) is 23.6. The topological polar surface area (TPSA) is 75.6 Å². The average Bonchev–Trinajstić information content (AvgIpc) is 2.04. The van der Waals surface area contributed by atoms with E-state index < -0.39 is 12.1 Å². The summed E-state index contributed by atoms with van der Waals surface area (Å²) in [6, 6.07) is 0. The van der Waals surface area contributed by atoms with Crippen LogP contribution in [0.15, 0.2) is 5.70 Å². The molecule has 0 spiro atoms. The van der Waals surface area contributed by atoms with Crippen LogP contribution < -0.4 is 5.32 Å². The lowest BCUT2D eigenvalue weighted by molar-refractivity contribution is -0.149. The van der Waals surface area contributed by atoms with Gasteiger partial charge in [0.1, 0.15) is 11.6 Å². The van der Waals surface area contributed by atoms with Gasteiger partial charge in [-0.3, -0.25) is 0 Å². The minimum atomic E-state index is -1.17. The Morgan fingerprint density at radius 2 is 2.55 bits per heavy atom. The fraction of sp³-hybridized carbons (Fsp3) is 0.500. The Hall–Kier alpha value is -1.32. The monoisotopic (exact) mass is 157 g/mol. The molecule has 11 heavy (non-hydrogen) atoms. The summed E-state index contributed by atoms with van der Waals surface area (Å²) in [7, 11) is 0. The number of carboxylic acids is 1. The van der Waals surface area contributed by atoms with Crippen LogP contribution in [0.5, 0.6) is 0 Å². The Labute approximate surface area is 62.6 Å². The van der Waals surface area contributed by atoms with E-state index in [1.807, 2.05) is 0 Å². The number of morpholine rings is 1. The minimum Gasteiger partial charge on any atom is -0.479 e. The van der Waals surface area contributed by atoms with Crippen LogP contribution in [-0.4, -0.2) is 36.3 Å². The second kappa shape index (κ2) is 3.18. The largest absolute Gasteiger partial charge is 0.479 e. The predicted octanol–water partition coefficient (Wildman–Crippen LogP) is -1.23. The zero-order valence-corrected chi connectivity index (χ0v) is 5.66. The molecule has 0 aliphatic carbocycles. The summed E-state index contributed by atoms with van der Waals surface area (Å²) in [5, 5.41) is 11.1. The van der Waals surface area contributed by atoms with E-state index in [0.717, 1.165) is 0 Å². The van der Waals surface area contributed by atoms with Crippen LogP contribution in [0.4, 0.5) is 0 Å². The van der Waals surface area contributed by atoms with E-state index in [0.29, 0.717) is 13.2 Å². The Morgan fingerprint density at radius 3 is 3.00 bits per heavy atom. The number of carbonyl (C=O) groups is 1. The van der Waals surface area contributed by atoms with E-state index in [1.165, 1.54) is 5.94 Å². The minimum absolute atomic E-state index is 0.0382. The van der Waals surface area contributed by atoms with Crippen molar-refractivity contribution < 1.29 is 19.4 Å². The molecule has 0 saturated carbocycles. The van der Waals surface area contributed by atoms with Gasteiger partial charge in [0.15, 0.2) is 0 Å². The zero-order valence-electron chi connectivity index (χ0n) is 5.66. The number of carbonyl (C=O) groups excluding carboxylic acids is 1. The van der Waals surface area contributed by atoms with Crippen molar-refractivity contribution in [2.75, 3.05) is 13.2 Å². The quantitative estimate of drug-likeness (QED) is 0.466. The van der Waals surface area contributed by atoms with Crippen LogP contribution in [0.3, 0.4) is 0 Å².